The van der Waals surface area contributed by atoms with E-state index in [1.165, 1.54) is 0 Å². The molecule has 0 saturated carbocycles. The molecule has 2 fully saturated rings. The summed E-state index contributed by atoms with van der Waals surface area (Å²) in [6, 6.07) is -0.114. The second-order valence-corrected chi connectivity index (χ2v) is 4.50. The van der Waals surface area contributed by atoms with Crippen LogP contribution in [0.15, 0.2) is 0 Å². The fraction of sp³-hybridized carbons (Fsp3) is 0.909. The van der Waals surface area contributed by atoms with Crippen molar-refractivity contribution in [3.63, 3.8) is 0 Å². The lowest BCUT2D eigenvalue weighted by Gasteiger charge is -2.27. The molecule has 17 heavy (non-hydrogen) atoms. The number of amides is 1. The topological polar surface area (TPSA) is 62.8 Å². The molecule has 0 spiro atoms. The summed E-state index contributed by atoms with van der Waals surface area (Å²) in [6.45, 7) is 3.69. The van der Waals surface area contributed by atoms with Gasteiger partial charge in [-0.15, -0.1) is 0 Å². The van der Waals surface area contributed by atoms with Crippen molar-refractivity contribution in [2.24, 2.45) is 0 Å². The van der Waals surface area contributed by atoms with E-state index in [-0.39, 0.29) is 24.2 Å². The van der Waals surface area contributed by atoms with Crippen molar-refractivity contribution in [2.45, 2.75) is 18.2 Å². The zero-order valence-corrected chi connectivity index (χ0v) is 10.4. The Labute approximate surface area is 102 Å². The average molecular weight is 243 g/mol. The van der Waals surface area contributed by atoms with Crippen molar-refractivity contribution in [1.29, 1.82) is 0 Å². The van der Waals surface area contributed by atoms with E-state index in [4.69, 9.17) is 9.47 Å². The van der Waals surface area contributed by atoms with Crippen LogP contribution < -0.4 is 10.6 Å². The highest BCUT2D eigenvalue weighted by Crippen LogP contribution is 2.16. The molecule has 6 nitrogen and oxygen atoms in total. The minimum atomic E-state index is -0.114. The number of rotatable bonds is 3. The Morgan fingerprint density at radius 3 is 2.29 bits per heavy atom. The molecule has 2 N–H and O–H groups in total. The first-order valence-corrected chi connectivity index (χ1v) is 6.04. The Morgan fingerprint density at radius 2 is 1.82 bits per heavy atom. The van der Waals surface area contributed by atoms with Crippen molar-refractivity contribution >= 4 is 5.91 Å². The van der Waals surface area contributed by atoms with Crippen LogP contribution in [-0.2, 0) is 14.3 Å². The van der Waals surface area contributed by atoms with E-state index in [9.17, 15) is 4.79 Å². The molecule has 0 bridgehead atoms. The molecule has 2 aliphatic heterocycles. The zero-order valence-electron chi connectivity index (χ0n) is 10.4. The van der Waals surface area contributed by atoms with Crippen LogP contribution in [-0.4, -0.2) is 76.0 Å². The summed E-state index contributed by atoms with van der Waals surface area (Å²) in [5.41, 5.74) is 0. The number of hydrogen-bond acceptors (Lipinski definition) is 5. The molecule has 0 radical (unpaired) electrons. The third kappa shape index (κ3) is 2.77. The van der Waals surface area contributed by atoms with Crippen LogP contribution in [0.5, 0.6) is 0 Å². The van der Waals surface area contributed by atoms with Gasteiger partial charge in [-0.3, -0.25) is 4.79 Å². The number of carbonyl (C=O) groups excluding carboxylic acids is 1. The maximum Gasteiger partial charge on any atom is 0.241 e. The van der Waals surface area contributed by atoms with Gasteiger partial charge in [0.05, 0.1) is 6.04 Å². The summed E-state index contributed by atoms with van der Waals surface area (Å²) in [6.07, 6.45) is -0.0269. The van der Waals surface area contributed by atoms with E-state index in [1.807, 2.05) is 4.90 Å². The number of likely N-dealkylation sites (tertiary alicyclic amines) is 1. The summed E-state index contributed by atoms with van der Waals surface area (Å²) in [5, 5.41) is 6.44. The third-order valence-corrected chi connectivity index (χ3v) is 3.47. The molecule has 0 aromatic carbocycles. The van der Waals surface area contributed by atoms with Crippen molar-refractivity contribution < 1.29 is 14.3 Å². The molecule has 0 aliphatic carbocycles. The highest BCUT2D eigenvalue weighted by Gasteiger charge is 2.37. The first-order valence-electron chi connectivity index (χ1n) is 6.04. The first-order chi connectivity index (χ1) is 8.26. The molecule has 98 valence electrons. The van der Waals surface area contributed by atoms with Gasteiger partial charge in [-0.2, -0.15) is 0 Å². The summed E-state index contributed by atoms with van der Waals surface area (Å²) in [4.78, 5) is 14.1. The van der Waals surface area contributed by atoms with E-state index in [0.717, 1.165) is 13.1 Å². The number of nitrogens with zero attached hydrogens (tertiary/aromatic N) is 1. The zero-order chi connectivity index (χ0) is 12.3. The number of carbonyl (C=O) groups is 1. The second kappa shape index (κ2) is 5.77. The predicted molar refractivity (Wildman–Crippen MR) is 62.8 cm³/mol. The van der Waals surface area contributed by atoms with E-state index in [1.54, 1.807) is 14.2 Å². The van der Waals surface area contributed by atoms with Crippen molar-refractivity contribution in [1.82, 2.24) is 15.5 Å². The van der Waals surface area contributed by atoms with E-state index >= 15 is 0 Å². The first kappa shape index (κ1) is 12.8. The number of methoxy groups -OCH3 is 2. The standard InChI is InChI=1S/C11H21N3O3/c1-16-9-6-14(7-10(9)17-2)11(15)8-5-12-3-4-13-8/h8-10,12-13H,3-7H2,1-2H3. The van der Waals surface area contributed by atoms with Gasteiger partial charge in [0, 0.05) is 46.9 Å². The predicted octanol–water partition coefficient (Wildman–Crippen LogP) is -1.58. The highest BCUT2D eigenvalue weighted by molar-refractivity contribution is 5.82. The Kier molecular flexibility index (Phi) is 4.33. The fourth-order valence-corrected chi connectivity index (χ4v) is 2.43. The summed E-state index contributed by atoms with van der Waals surface area (Å²) in [7, 11) is 3.32. The van der Waals surface area contributed by atoms with Gasteiger partial charge in [-0.1, -0.05) is 0 Å². The van der Waals surface area contributed by atoms with Crippen molar-refractivity contribution in [2.75, 3.05) is 46.9 Å². The molecule has 3 atom stereocenters. The van der Waals surface area contributed by atoms with Gasteiger partial charge in [-0.25, -0.2) is 0 Å². The molecule has 3 unspecified atom stereocenters. The Balaban J connectivity index is 1.92. The number of ether oxygens (including phenoxy) is 2. The molecule has 0 aromatic rings. The molecule has 2 aliphatic rings. The summed E-state index contributed by atoms with van der Waals surface area (Å²) < 4.78 is 10.7. The minimum absolute atomic E-state index is 0.0134. The monoisotopic (exact) mass is 243 g/mol. The average Bonchev–Trinajstić information content (AvgIpc) is 2.82. The van der Waals surface area contributed by atoms with Crippen molar-refractivity contribution in [3.8, 4) is 0 Å². The number of hydrogen-bond donors (Lipinski definition) is 2. The molecule has 6 heteroatoms. The van der Waals surface area contributed by atoms with Crippen LogP contribution in [0.3, 0.4) is 0 Å². The molecule has 1 amide bonds. The van der Waals surface area contributed by atoms with Crippen LogP contribution in [0.25, 0.3) is 0 Å². The molecular formula is C11H21N3O3. The molecule has 2 rings (SSSR count). The largest absolute Gasteiger partial charge is 0.377 e. The molecule has 2 heterocycles. The summed E-state index contributed by atoms with van der Waals surface area (Å²) in [5.74, 6) is 0.138. The maximum absolute atomic E-state index is 12.2. The lowest BCUT2D eigenvalue weighted by Crippen LogP contribution is -2.56. The fourth-order valence-electron chi connectivity index (χ4n) is 2.43. The van der Waals surface area contributed by atoms with Gasteiger partial charge in [0.15, 0.2) is 0 Å². The quantitative estimate of drug-likeness (QED) is 0.626. The van der Waals surface area contributed by atoms with Crippen LogP contribution >= 0.6 is 0 Å². The van der Waals surface area contributed by atoms with E-state index in [0.29, 0.717) is 19.6 Å². The van der Waals surface area contributed by atoms with Gasteiger partial charge in [0.1, 0.15) is 12.2 Å². The lowest BCUT2D eigenvalue weighted by molar-refractivity contribution is -0.133. The lowest BCUT2D eigenvalue weighted by atomic mass is 10.2. The molecule has 2 saturated heterocycles. The molecular weight excluding hydrogens is 222 g/mol. The van der Waals surface area contributed by atoms with Crippen LogP contribution in [0.4, 0.5) is 0 Å². The van der Waals surface area contributed by atoms with E-state index < -0.39 is 0 Å². The summed E-state index contributed by atoms with van der Waals surface area (Å²) >= 11 is 0. The second-order valence-electron chi connectivity index (χ2n) is 4.50. The SMILES string of the molecule is COC1CN(C(=O)C2CNCCN2)CC1OC. The van der Waals surface area contributed by atoms with E-state index in [2.05, 4.69) is 10.6 Å². The number of piperazine rings is 1. The highest BCUT2D eigenvalue weighted by atomic mass is 16.5. The Morgan fingerprint density at radius 1 is 1.18 bits per heavy atom. The van der Waals surface area contributed by atoms with Crippen molar-refractivity contribution in [3.05, 3.63) is 0 Å². The smallest absolute Gasteiger partial charge is 0.241 e. The van der Waals surface area contributed by atoms with Gasteiger partial charge < -0.3 is 25.0 Å². The Bertz CT molecular complexity index is 257. The Hall–Kier alpha value is -0.690. The van der Waals surface area contributed by atoms with Crippen LogP contribution in [0.1, 0.15) is 0 Å². The normalized spacial score (nSPS) is 34.0. The number of nitrogens with one attached hydrogen (secondary N) is 2. The molecule has 0 aromatic heterocycles. The minimum Gasteiger partial charge on any atom is -0.377 e. The maximum atomic E-state index is 12.2. The third-order valence-electron chi connectivity index (χ3n) is 3.47. The van der Waals surface area contributed by atoms with Gasteiger partial charge in [0.25, 0.3) is 0 Å². The van der Waals surface area contributed by atoms with Crippen LogP contribution in [0.2, 0.25) is 0 Å². The van der Waals surface area contributed by atoms with Gasteiger partial charge in [-0.05, 0) is 0 Å². The van der Waals surface area contributed by atoms with Gasteiger partial charge >= 0.3 is 0 Å². The van der Waals surface area contributed by atoms with Gasteiger partial charge in [0.2, 0.25) is 5.91 Å². The van der Waals surface area contributed by atoms with Crippen LogP contribution in [0, 0.1) is 0 Å².